The van der Waals surface area contributed by atoms with Gasteiger partial charge in [-0.2, -0.15) is 0 Å². The lowest BCUT2D eigenvalue weighted by Crippen LogP contribution is -2.37. The molecule has 1 fully saturated rings. The van der Waals surface area contributed by atoms with Gasteiger partial charge in [-0.15, -0.1) is 11.3 Å². The van der Waals surface area contributed by atoms with Gasteiger partial charge in [-0.3, -0.25) is 4.90 Å². The molecule has 1 saturated heterocycles. The van der Waals surface area contributed by atoms with E-state index in [9.17, 15) is 9.50 Å². The molecule has 0 spiro atoms. The van der Waals surface area contributed by atoms with Gasteiger partial charge >= 0.3 is 0 Å². The van der Waals surface area contributed by atoms with Gasteiger partial charge in [0, 0.05) is 24.0 Å². The number of piperidine rings is 1. The van der Waals surface area contributed by atoms with Crippen molar-refractivity contribution in [1.29, 1.82) is 0 Å². The fourth-order valence-corrected chi connectivity index (χ4v) is 3.33. The van der Waals surface area contributed by atoms with Crippen LogP contribution in [-0.4, -0.2) is 34.2 Å². The third-order valence-corrected chi connectivity index (χ3v) is 4.45. The van der Waals surface area contributed by atoms with E-state index in [0.717, 1.165) is 48.7 Å². The van der Waals surface area contributed by atoms with Crippen LogP contribution in [0.2, 0.25) is 0 Å². The second kappa shape index (κ2) is 5.99. The van der Waals surface area contributed by atoms with Crippen LogP contribution in [0.1, 0.15) is 18.5 Å². The summed E-state index contributed by atoms with van der Waals surface area (Å²) in [6.45, 7) is 2.51. The lowest BCUT2D eigenvalue weighted by molar-refractivity contribution is 0.0663. The number of β-amino-alcohol motifs (C(OH)–C–C–N with tert-alkyl or cyclic N) is 1. The summed E-state index contributed by atoms with van der Waals surface area (Å²) >= 11 is 1.58. The highest BCUT2D eigenvalue weighted by Gasteiger charge is 2.18. The van der Waals surface area contributed by atoms with Crippen LogP contribution in [0.5, 0.6) is 0 Å². The predicted molar refractivity (Wildman–Crippen MR) is 78.0 cm³/mol. The molecule has 0 bridgehead atoms. The van der Waals surface area contributed by atoms with Crippen LogP contribution in [0.25, 0.3) is 10.6 Å². The minimum Gasteiger partial charge on any atom is -0.392 e. The average Bonchev–Trinajstić information content (AvgIpc) is 2.88. The van der Waals surface area contributed by atoms with E-state index in [1.54, 1.807) is 23.5 Å². The van der Waals surface area contributed by atoms with Gasteiger partial charge in [-0.05, 0) is 43.7 Å². The molecule has 1 aromatic carbocycles. The van der Waals surface area contributed by atoms with E-state index in [2.05, 4.69) is 9.88 Å². The number of thiazole rings is 1. The Labute approximate surface area is 121 Å². The maximum absolute atomic E-state index is 12.9. The molecule has 106 valence electrons. The first kappa shape index (κ1) is 13.7. The van der Waals surface area contributed by atoms with E-state index < -0.39 is 0 Å². The smallest absolute Gasteiger partial charge is 0.123 e. The molecule has 1 aliphatic rings. The Balaban J connectivity index is 1.69. The summed E-state index contributed by atoms with van der Waals surface area (Å²) in [6, 6.07) is 6.42. The summed E-state index contributed by atoms with van der Waals surface area (Å²) in [7, 11) is 0. The number of hydrogen-bond donors (Lipinski definition) is 1. The summed E-state index contributed by atoms with van der Waals surface area (Å²) in [5.74, 6) is -0.229. The summed E-state index contributed by atoms with van der Waals surface area (Å²) in [4.78, 5) is 6.84. The molecule has 5 heteroatoms. The molecule has 1 aromatic heterocycles. The van der Waals surface area contributed by atoms with Gasteiger partial charge in [0.25, 0.3) is 0 Å². The van der Waals surface area contributed by atoms with Gasteiger partial charge in [-0.25, -0.2) is 9.37 Å². The minimum absolute atomic E-state index is 0.209. The van der Waals surface area contributed by atoms with Crippen LogP contribution < -0.4 is 0 Å². The molecule has 20 heavy (non-hydrogen) atoms. The minimum atomic E-state index is -0.229. The van der Waals surface area contributed by atoms with Crippen molar-refractivity contribution in [2.24, 2.45) is 0 Å². The van der Waals surface area contributed by atoms with Crippen molar-refractivity contribution < 1.29 is 9.50 Å². The normalized spacial score (nSPS) is 20.2. The van der Waals surface area contributed by atoms with Gasteiger partial charge in [0.05, 0.1) is 11.8 Å². The monoisotopic (exact) mass is 292 g/mol. The Morgan fingerprint density at radius 1 is 1.35 bits per heavy atom. The number of aromatic nitrogens is 1. The molecule has 2 heterocycles. The lowest BCUT2D eigenvalue weighted by Gasteiger charge is -2.29. The Hall–Kier alpha value is -1.30. The summed E-state index contributed by atoms with van der Waals surface area (Å²) in [5.41, 5.74) is 1.96. The van der Waals surface area contributed by atoms with Crippen LogP contribution in [0.3, 0.4) is 0 Å². The lowest BCUT2D eigenvalue weighted by atomic mass is 10.1. The quantitative estimate of drug-likeness (QED) is 0.945. The summed E-state index contributed by atoms with van der Waals surface area (Å²) < 4.78 is 12.9. The maximum atomic E-state index is 12.9. The van der Waals surface area contributed by atoms with E-state index in [-0.39, 0.29) is 11.9 Å². The molecule has 1 atom stereocenters. The molecule has 3 rings (SSSR count). The van der Waals surface area contributed by atoms with E-state index in [4.69, 9.17) is 0 Å². The van der Waals surface area contributed by atoms with Crippen molar-refractivity contribution in [3.8, 4) is 10.6 Å². The zero-order valence-corrected chi connectivity index (χ0v) is 11.9. The molecular weight excluding hydrogens is 275 g/mol. The number of nitrogens with zero attached hydrogens (tertiary/aromatic N) is 2. The summed E-state index contributed by atoms with van der Waals surface area (Å²) in [5, 5.41) is 12.6. The Morgan fingerprint density at radius 2 is 2.15 bits per heavy atom. The average molecular weight is 292 g/mol. The molecule has 2 aromatic rings. The second-order valence-electron chi connectivity index (χ2n) is 5.18. The van der Waals surface area contributed by atoms with Crippen molar-refractivity contribution >= 4 is 11.3 Å². The van der Waals surface area contributed by atoms with Gasteiger partial charge in [0.2, 0.25) is 0 Å². The van der Waals surface area contributed by atoms with Crippen LogP contribution in [0, 0.1) is 5.82 Å². The van der Waals surface area contributed by atoms with Gasteiger partial charge in [0.15, 0.2) is 0 Å². The van der Waals surface area contributed by atoms with Crippen LogP contribution in [0.15, 0.2) is 29.6 Å². The first-order valence-electron chi connectivity index (χ1n) is 6.81. The van der Waals surface area contributed by atoms with Crippen molar-refractivity contribution in [2.45, 2.75) is 25.5 Å². The Bertz CT molecular complexity index is 570. The fraction of sp³-hybridized carbons (Fsp3) is 0.400. The Kier molecular flexibility index (Phi) is 4.10. The van der Waals surface area contributed by atoms with E-state index in [1.807, 2.05) is 5.38 Å². The highest BCUT2D eigenvalue weighted by atomic mass is 32.1. The molecule has 0 saturated carbocycles. The van der Waals surface area contributed by atoms with E-state index in [1.165, 1.54) is 12.1 Å². The topological polar surface area (TPSA) is 36.4 Å². The number of halogens is 1. The Morgan fingerprint density at radius 3 is 2.90 bits per heavy atom. The fourth-order valence-electron chi connectivity index (χ4n) is 2.51. The van der Waals surface area contributed by atoms with Crippen LogP contribution >= 0.6 is 11.3 Å². The number of rotatable bonds is 3. The molecule has 0 amide bonds. The van der Waals surface area contributed by atoms with Gasteiger partial charge in [0.1, 0.15) is 10.8 Å². The molecule has 0 aliphatic carbocycles. The predicted octanol–water partition coefficient (Wildman–Crippen LogP) is 2.91. The summed E-state index contributed by atoms with van der Waals surface area (Å²) in [6.07, 6.45) is 1.73. The molecule has 1 N–H and O–H groups in total. The van der Waals surface area contributed by atoms with E-state index in [0.29, 0.717) is 0 Å². The number of aliphatic hydroxyl groups is 1. The molecule has 3 nitrogen and oxygen atoms in total. The van der Waals surface area contributed by atoms with Crippen molar-refractivity contribution in [3.05, 3.63) is 41.2 Å². The SMILES string of the molecule is O[C@H]1CCCN(Cc2csc(-c3ccc(F)cc3)n2)C1. The zero-order valence-electron chi connectivity index (χ0n) is 11.1. The molecular formula is C15H17FN2OS. The van der Waals surface area contributed by atoms with Crippen LogP contribution in [0.4, 0.5) is 4.39 Å². The number of likely N-dealkylation sites (tertiary alicyclic amines) is 1. The van der Waals surface area contributed by atoms with Crippen molar-refractivity contribution in [3.63, 3.8) is 0 Å². The standard InChI is InChI=1S/C15H17FN2OS/c16-12-5-3-11(4-6-12)15-17-13(10-20-15)8-18-7-1-2-14(19)9-18/h3-6,10,14,19H,1-2,7-9H2/t14-/m0/s1. The second-order valence-corrected chi connectivity index (χ2v) is 6.04. The first-order chi connectivity index (χ1) is 9.70. The maximum Gasteiger partial charge on any atom is 0.123 e. The van der Waals surface area contributed by atoms with Gasteiger partial charge < -0.3 is 5.11 Å². The van der Waals surface area contributed by atoms with Gasteiger partial charge in [-0.1, -0.05) is 0 Å². The number of hydrogen-bond acceptors (Lipinski definition) is 4. The number of aliphatic hydroxyl groups excluding tert-OH is 1. The molecule has 0 unspecified atom stereocenters. The largest absolute Gasteiger partial charge is 0.392 e. The van der Waals surface area contributed by atoms with Crippen molar-refractivity contribution in [2.75, 3.05) is 13.1 Å². The first-order valence-corrected chi connectivity index (χ1v) is 7.69. The highest BCUT2D eigenvalue weighted by molar-refractivity contribution is 7.13. The third kappa shape index (κ3) is 3.23. The molecule has 0 radical (unpaired) electrons. The van der Waals surface area contributed by atoms with Crippen molar-refractivity contribution in [1.82, 2.24) is 9.88 Å². The number of benzene rings is 1. The highest BCUT2D eigenvalue weighted by Crippen LogP contribution is 2.25. The van der Waals surface area contributed by atoms with E-state index >= 15 is 0 Å². The zero-order chi connectivity index (χ0) is 13.9. The molecule has 1 aliphatic heterocycles. The van der Waals surface area contributed by atoms with Crippen LogP contribution in [-0.2, 0) is 6.54 Å². The third-order valence-electron chi connectivity index (χ3n) is 3.51.